The molecule has 0 heterocycles. The number of unbranched alkanes of at least 4 members (excludes halogenated alkanes) is 29. The van der Waals surface area contributed by atoms with E-state index in [1.54, 1.807) is 0 Å². The van der Waals surface area contributed by atoms with Crippen molar-refractivity contribution >= 4 is 0 Å². The average Bonchev–Trinajstić information content (AvgIpc) is 3.01. The molecular weight excluding hydrogens is 542 g/mol. The minimum absolute atomic E-state index is 0.888. The van der Waals surface area contributed by atoms with Crippen molar-refractivity contribution in [1.82, 2.24) is 4.90 Å². The predicted molar refractivity (Wildman–Crippen MR) is 209 cm³/mol. The van der Waals surface area contributed by atoms with Crippen LogP contribution in [0.4, 0.5) is 0 Å². The van der Waals surface area contributed by atoms with Crippen LogP contribution in [0.1, 0.15) is 253 Å². The maximum Gasteiger partial charge on any atom is -0.00187 e. The van der Waals surface area contributed by atoms with Crippen molar-refractivity contribution in [2.24, 2.45) is 11.8 Å². The summed E-state index contributed by atoms with van der Waals surface area (Å²) >= 11 is 0. The molecule has 0 amide bonds. The normalized spacial score (nSPS) is 12.0. The van der Waals surface area contributed by atoms with Gasteiger partial charge in [-0.25, -0.2) is 0 Å². The van der Waals surface area contributed by atoms with Gasteiger partial charge in [-0.15, -0.1) is 0 Å². The summed E-state index contributed by atoms with van der Waals surface area (Å²) < 4.78 is 0. The fourth-order valence-electron chi connectivity index (χ4n) is 7.12. The SMILES string of the molecule is CCCCCCCCCCCCCCN(CCCCCCCCCCCCC(C)C)CCCCCCCCCCCCC(C)C. The minimum atomic E-state index is 0.888. The quantitative estimate of drug-likeness (QED) is 0.0609. The minimum Gasteiger partial charge on any atom is -0.303 e. The van der Waals surface area contributed by atoms with E-state index < -0.39 is 0 Å². The lowest BCUT2D eigenvalue weighted by atomic mass is 10.0. The van der Waals surface area contributed by atoms with Crippen molar-refractivity contribution in [2.75, 3.05) is 19.6 Å². The molecule has 0 aromatic rings. The van der Waals surface area contributed by atoms with E-state index in [2.05, 4.69) is 39.5 Å². The van der Waals surface area contributed by atoms with Crippen LogP contribution in [0.3, 0.4) is 0 Å². The van der Waals surface area contributed by atoms with Crippen LogP contribution in [0.25, 0.3) is 0 Å². The van der Waals surface area contributed by atoms with Gasteiger partial charge >= 0.3 is 0 Å². The Labute approximate surface area is 288 Å². The molecule has 0 saturated carbocycles. The van der Waals surface area contributed by atoms with Crippen LogP contribution >= 0.6 is 0 Å². The second-order valence-electron chi connectivity index (χ2n) is 16.2. The number of hydrogen-bond acceptors (Lipinski definition) is 1. The standard InChI is InChI=1S/C44H91N/c1-6-7-8-9-10-11-12-15-20-25-30-35-40-45(41-36-31-26-21-16-13-18-23-28-33-38-43(2)3)42-37-32-27-22-17-14-19-24-29-34-39-44(4)5/h43-44H,6-42H2,1-5H3. The van der Waals surface area contributed by atoms with E-state index in [0.29, 0.717) is 0 Å². The van der Waals surface area contributed by atoms with Crippen molar-refractivity contribution in [1.29, 1.82) is 0 Å². The molecule has 45 heavy (non-hydrogen) atoms. The molecule has 0 aliphatic heterocycles. The van der Waals surface area contributed by atoms with Gasteiger partial charge in [-0.3, -0.25) is 0 Å². The van der Waals surface area contributed by atoms with Gasteiger partial charge in [-0.05, 0) is 50.7 Å². The number of hydrogen-bond donors (Lipinski definition) is 0. The molecular formula is C44H91N. The third kappa shape index (κ3) is 40.1. The molecule has 0 saturated heterocycles. The first-order valence-electron chi connectivity index (χ1n) is 21.8. The number of rotatable bonds is 39. The van der Waals surface area contributed by atoms with Gasteiger partial charge in [0.05, 0.1) is 0 Å². The Hall–Kier alpha value is -0.0400. The van der Waals surface area contributed by atoms with Gasteiger partial charge in [-0.1, -0.05) is 234 Å². The first-order valence-corrected chi connectivity index (χ1v) is 21.8. The average molecular weight is 634 g/mol. The van der Waals surface area contributed by atoms with E-state index >= 15 is 0 Å². The molecule has 0 N–H and O–H groups in total. The van der Waals surface area contributed by atoms with E-state index in [0.717, 1.165) is 11.8 Å². The third-order valence-corrected chi connectivity index (χ3v) is 10.3. The predicted octanol–water partition coefficient (Wildman–Crippen LogP) is 15.9. The summed E-state index contributed by atoms with van der Waals surface area (Å²) in [5.41, 5.74) is 0. The maximum atomic E-state index is 2.87. The van der Waals surface area contributed by atoms with Gasteiger partial charge in [0.25, 0.3) is 0 Å². The highest BCUT2D eigenvalue weighted by atomic mass is 15.1. The van der Waals surface area contributed by atoms with Gasteiger partial charge in [-0.2, -0.15) is 0 Å². The molecule has 0 spiro atoms. The molecule has 0 aromatic heterocycles. The highest BCUT2D eigenvalue weighted by Crippen LogP contribution is 2.16. The molecule has 1 nitrogen and oxygen atoms in total. The Balaban J connectivity index is 3.93. The molecule has 0 aromatic carbocycles. The third-order valence-electron chi connectivity index (χ3n) is 10.3. The van der Waals surface area contributed by atoms with Gasteiger partial charge in [0.2, 0.25) is 0 Å². The van der Waals surface area contributed by atoms with Crippen molar-refractivity contribution in [3.63, 3.8) is 0 Å². The largest absolute Gasteiger partial charge is 0.303 e. The van der Waals surface area contributed by atoms with E-state index in [-0.39, 0.29) is 0 Å². The molecule has 0 aliphatic carbocycles. The molecule has 272 valence electrons. The summed E-state index contributed by atoms with van der Waals surface area (Å²) in [7, 11) is 0. The van der Waals surface area contributed by atoms with E-state index in [4.69, 9.17) is 0 Å². The Morgan fingerprint density at radius 3 is 0.689 bits per heavy atom. The van der Waals surface area contributed by atoms with Crippen molar-refractivity contribution in [2.45, 2.75) is 253 Å². The zero-order valence-corrected chi connectivity index (χ0v) is 32.8. The van der Waals surface area contributed by atoms with Gasteiger partial charge in [0.1, 0.15) is 0 Å². The van der Waals surface area contributed by atoms with Crippen LogP contribution in [-0.4, -0.2) is 24.5 Å². The lowest BCUT2D eigenvalue weighted by Crippen LogP contribution is -2.27. The topological polar surface area (TPSA) is 3.24 Å². The molecule has 0 bridgehead atoms. The monoisotopic (exact) mass is 634 g/mol. The van der Waals surface area contributed by atoms with E-state index in [1.807, 2.05) is 0 Å². The van der Waals surface area contributed by atoms with Crippen LogP contribution in [-0.2, 0) is 0 Å². The Morgan fingerprint density at radius 1 is 0.267 bits per heavy atom. The molecule has 0 unspecified atom stereocenters. The smallest absolute Gasteiger partial charge is 0.00187 e. The van der Waals surface area contributed by atoms with Crippen LogP contribution < -0.4 is 0 Å². The Kier molecular flexibility index (Phi) is 38.4. The first-order chi connectivity index (χ1) is 22.1. The summed E-state index contributed by atoms with van der Waals surface area (Å²) in [5.74, 6) is 1.78. The molecule has 0 aliphatic rings. The van der Waals surface area contributed by atoms with E-state index in [9.17, 15) is 0 Å². The Morgan fingerprint density at radius 2 is 0.467 bits per heavy atom. The zero-order chi connectivity index (χ0) is 32.9. The molecule has 0 rings (SSSR count). The number of nitrogens with zero attached hydrogens (tertiary/aromatic N) is 1. The lowest BCUT2D eigenvalue weighted by Gasteiger charge is -2.22. The second kappa shape index (κ2) is 38.4. The van der Waals surface area contributed by atoms with Crippen LogP contribution in [0.2, 0.25) is 0 Å². The Bertz CT molecular complexity index is 479. The summed E-state index contributed by atoms with van der Waals surface area (Å²) in [4.78, 5) is 2.87. The lowest BCUT2D eigenvalue weighted by molar-refractivity contribution is 0.254. The van der Waals surface area contributed by atoms with Crippen LogP contribution in [0.15, 0.2) is 0 Å². The van der Waals surface area contributed by atoms with Crippen molar-refractivity contribution in [3.8, 4) is 0 Å². The molecule has 0 fully saturated rings. The second-order valence-corrected chi connectivity index (χ2v) is 16.2. The summed E-state index contributed by atoms with van der Waals surface area (Å²) in [6.45, 7) is 15.9. The first kappa shape index (κ1) is 45.0. The fourth-order valence-corrected chi connectivity index (χ4v) is 7.12. The van der Waals surface area contributed by atoms with E-state index in [1.165, 1.54) is 238 Å². The van der Waals surface area contributed by atoms with Gasteiger partial charge in [0.15, 0.2) is 0 Å². The van der Waals surface area contributed by atoms with Crippen molar-refractivity contribution < 1.29 is 0 Å². The summed E-state index contributed by atoms with van der Waals surface area (Å²) in [5, 5.41) is 0. The molecule has 0 atom stereocenters. The van der Waals surface area contributed by atoms with Crippen LogP contribution in [0, 0.1) is 11.8 Å². The van der Waals surface area contributed by atoms with Gasteiger partial charge in [0, 0.05) is 0 Å². The van der Waals surface area contributed by atoms with Gasteiger partial charge < -0.3 is 4.90 Å². The zero-order valence-electron chi connectivity index (χ0n) is 32.8. The highest BCUT2D eigenvalue weighted by Gasteiger charge is 2.05. The maximum absolute atomic E-state index is 2.87. The molecule has 1 heteroatoms. The molecule has 0 radical (unpaired) electrons. The summed E-state index contributed by atoms with van der Waals surface area (Å²) in [6, 6.07) is 0. The van der Waals surface area contributed by atoms with Crippen molar-refractivity contribution in [3.05, 3.63) is 0 Å². The fraction of sp³-hybridized carbons (Fsp3) is 1.00. The van der Waals surface area contributed by atoms with Crippen LogP contribution in [0.5, 0.6) is 0 Å². The highest BCUT2D eigenvalue weighted by molar-refractivity contribution is 4.61. The summed E-state index contributed by atoms with van der Waals surface area (Å²) in [6.07, 6.45) is 49.7.